The zero-order valence-corrected chi connectivity index (χ0v) is 9.87. The second-order valence-corrected chi connectivity index (χ2v) is 4.54. The molecule has 0 atom stereocenters. The van der Waals surface area contributed by atoms with Crippen molar-refractivity contribution in [2.45, 2.75) is 32.1 Å². The summed E-state index contributed by atoms with van der Waals surface area (Å²) in [5.74, 6) is 3.35. The van der Waals surface area contributed by atoms with Gasteiger partial charge in [-0.1, -0.05) is 25.2 Å². The smallest absolute Gasteiger partial charge is 0.131 e. The van der Waals surface area contributed by atoms with E-state index in [0.717, 1.165) is 12.8 Å². The van der Waals surface area contributed by atoms with Gasteiger partial charge in [0.05, 0.1) is 0 Å². The largest absolute Gasteiger partial charge is 0.290 e. The third kappa shape index (κ3) is 2.47. The summed E-state index contributed by atoms with van der Waals surface area (Å²) in [4.78, 5) is 0. The van der Waals surface area contributed by atoms with E-state index < -0.39 is 0 Å². The Balaban J connectivity index is 2.25. The number of hydrogen-bond donors (Lipinski definition) is 2. The second kappa shape index (κ2) is 5.01. The highest BCUT2D eigenvalue weighted by Crippen LogP contribution is 2.24. The van der Waals surface area contributed by atoms with E-state index in [9.17, 15) is 0 Å². The van der Waals surface area contributed by atoms with Crippen LogP contribution in [0.3, 0.4) is 0 Å². The van der Waals surface area contributed by atoms with Gasteiger partial charge in [0.1, 0.15) is 11.3 Å². The molecule has 0 unspecified atom stereocenters. The molecular weight excluding hydrogens is 210 g/mol. The van der Waals surface area contributed by atoms with E-state index in [2.05, 4.69) is 5.92 Å². The minimum atomic E-state index is 0.300. The van der Waals surface area contributed by atoms with Gasteiger partial charge in [-0.3, -0.25) is 15.4 Å². The number of aromatic nitrogens is 1. The third-order valence-electron chi connectivity index (χ3n) is 3.37. The molecule has 0 spiro atoms. The maximum Gasteiger partial charge on any atom is 0.131 e. The first-order valence-electron chi connectivity index (χ1n) is 6.05. The highest BCUT2D eigenvalue weighted by molar-refractivity contribution is 5.83. The van der Waals surface area contributed by atoms with Crippen LogP contribution in [0.2, 0.25) is 0 Å². The first-order valence-corrected chi connectivity index (χ1v) is 6.05. The van der Waals surface area contributed by atoms with Crippen molar-refractivity contribution in [2.24, 2.45) is 5.92 Å². The summed E-state index contributed by atoms with van der Waals surface area (Å²) < 4.78 is 1.64. The van der Waals surface area contributed by atoms with E-state index in [1.807, 2.05) is 0 Å². The van der Waals surface area contributed by atoms with Gasteiger partial charge in [0.15, 0.2) is 0 Å². The fraction of sp³-hybridized carbons (Fsp3) is 0.429. The number of pyridine rings is 1. The van der Waals surface area contributed by atoms with Crippen molar-refractivity contribution in [2.75, 3.05) is 0 Å². The summed E-state index contributed by atoms with van der Waals surface area (Å²) in [6, 6.07) is 3.42. The van der Waals surface area contributed by atoms with E-state index in [0.29, 0.717) is 22.8 Å². The molecule has 1 aliphatic rings. The number of nitrogens with one attached hydrogen (secondary N) is 2. The van der Waals surface area contributed by atoms with Crippen LogP contribution in [-0.4, -0.2) is 10.4 Å². The first kappa shape index (κ1) is 11.7. The molecule has 0 saturated heterocycles. The van der Waals surface area contributed by atoms with Crippen molar-refractivity contribution in [3.05, 3.63) is 29.4 Å². The maximum atomic E-state index is 8.18. The molecule has 1 fully saturated rings. The Morgan fingerprint density at radius 2 is 2.06 bits per heavy atom. The van der Waals surface area contributed by atoms with Gasteiger partial charge in [0, 0.05) is 17.7 Å². The molecule has 3 heteroatoms. The predicted octanol–water partition coefficient (Wildman–Crippen LogP) is 2.35. The molecule has 0 aromatic carbocycles. The van der Waals surface area contributed by atoms with Crippen molar-refractivity contribution in [3.63, 3.8) is 0 Å². The predicted molar refractivity (Wildman–Crippen MR) is 67.9 cm³/mol. The summed E-state index contributed by atoms with van der Waals surface area (Å²) in [7, 11) is 0. The van der Waals surface area contributed by atoms with Crippen LogP contribution in [0.4, 0.5) is 0 Å². The lowest BCUT2D eigenvalue weighted by molar-refractivity contribution is 0.430. The second-order valence-electron chi connectivity index (χ2n) is 4.54. The Hall–Kier alpha value is -1.82. The van der Waals surface area contributed by atoms with Crippen molar-refractivity contribution in [1.82, 2.24) is 4.57 Å². The standard InChI is InChI=1S/C14H17N3/c1-2-11-8-9-17(13(15)10-11)14(16)12-6-4-3-5-7-12/h1,8-10,12,15-16H,3-7H2. The molecule has 2 rings (SSSR count). The van der Waals surface area contributed by atoms with Gasteiger partial charge in [-0.2, -0.15) is 0 Å². The third-order valence-corrected chi connectivity index (χ3v) is 3.37. The van der Waals surface area contributed by atoms with Crippen LogP contribution < -0.4 is 5.49 Å². The monoisotopic (exact) mass is 227 g/mol. The molecule has 2 N–H and O–H groups in total. The molecular formula is C14H17N3. The Labute approximate surface area is 102 Å². The first-order chi connectivity index (χ1) is 8.22. The fourth-order valence-electron chi connectivity index (χ4n) is 2.37. The lowest BCUT2D eigenvalue weighted by Crippen LogP contribution is -2.32. The molecule has 88 valence electrons. The molecule has 1 aromatic rings. The zero-order chi connectivity index (χ0) is 12.3. The van der Waals surface area contributed by atoms with Crippen LogP contribution in [0.1, 0.15) is 37.7 Å². The molecule has 0 bridgehead atoms. The number of rotatable bonds is 1. The molecule has 3 nitrogen and oxygen atoms in total. The van der Waals surface area contributed by atoms with Gasteiger partial charge in [0.2, 0.25) is 0 Å². The number of nitrogens with zero attached hydrogens (tertiary/aromatic N) is 1. The number of hydrogen-bond acceptors (Lipinski definition) is 2. The van der Waals surface area contributed by atoms with Crippen LogP contribution in [0.15, 0.2) is 18.3 Å². The normalized spacial score (nSPS) is 16.4. The van der Waals surface area contributed by atoms with Crippen LogP contribution in [0.25, 0.3) is 0 Å². The SMILES string of the molecule is C#Cc1ccn(C(=N)C2CCCCC2)c(=N)c1. The Bertz CT molecular complexity index is 513. The average Bonchev–Trinajstić information content (AvgIpc) is 2.39. The minimum absolute atomic E-state index is 0.300. The fourth-order valence-corrected chi connectivity index (χ4v) is 2.37. The summed E-state index contributed by atoms with van der Waals surface area (Å²) in [5, 5.41) is 16.1. The van der Waals surface area contributed by atoms with Crippen LogP contribution >= 0.6 is 0 Å². The van der Waals surface area contributed by atoms with Gasteiger partial charge in [-0.25, -0.2) is 0 Å². The summed E-state index contributed by atoms with van der Waals surface area (Å²) >= 11 is 0. The quantitative estimate of drug-likeness (QED) is 0.420. The van der Waals surface area contributed by atoms with Crippen molar-refractivity contribution < 1.29 is 0 Å². The maximum absolute atomic E-state index is 8.18. The molecule has 0 radical (unpaired) electrons. The summed E-state index contributed by atoms with van der Waals surface area (Å²) in [5.41, 5.74) is 0.999. The average molecular weight is 227 g/mol. The minimum Gasteiger partial charge on any atom is -0.290 e. The lowest BCUT2D eigenvalue weighted by Gasteiger charge is -2.23. The van der Waals surface area contributed by atoms with Crippen LogP contribution in [0, 0.1) is 29.1 Å². The van der Waals surface area contributed by atoms with Gasteiger partial charge in [-0.05, 0) is 25.0 Å². The molecule has 0 amide bonds. The van der Waals surface area contributed by atoms with E-state index in [-0.39, 0.29) is 0 Å². The highest BCUT2D eigenvalue weighted by atomic mass is 15.0. The zero-order valence-electron chi connectivity index (χ0n) is 9.87. The van der Waals surface area contributed by atoms with Crippen molar-refractivity contribution in [3.8, 4) is 12.3 Å². The Kier molecular flexibility index (Phi) is 3.43. The molecule has 1 saturated carbocycles. The van der Waals surface area contributed by atoms with E-state index in [4.69, 9.17) is 17.2 Å². The van der Waals surface area contributed by atoms with Crippen LogP contribution in [0.5, 0.6) is 0 Å². The Morgan fingerprint density at radius 3 is 2.65 bits per heavy atom. The van der Waals surface area contributed by atoms with Gasteiger partial charge in [0.25, 0.3) is 0 Å². The lowest BCUT2D eigenvalue weighted by atomic mass is 9.88. The van der Waals surface area contributed by atoms with Gasteiger partial charge in [-0.15, -0.1) is 6.42 Å². The molecule has 0 aliphatic heterocycles. The highest BCUT2D eigenvalue weighted by Gasteiger charge is 2.19. The molecule has 1 aliphatic carbocycles. The van der Waals surface area contributed by atoms with Crippen LogP contribution in [-0.2, 0) is 0 Å². The van der Waals surface area contributed by atoms with Crippen molar-refractivity contribution in [1.29, 1.82) is 10.8 Å². The van der Waals surface area contributed by atoms with Gasteiger partial charge < -0.3 is 0 Å². The summed E-state index contributed by atoms with van der Waals surface area (Å²) in [6.07, 6.45) is 12.9. The molecule has 1 aromatic heterocycles. The molecule has 17 heavy (non-hydrogen) atoms. The van der Waals surface area contributed by atoms with E-state index in [1.165, 1.54) is 19.3 Å². The van der Waals surface area contributed by atoms with Crippen molar-refractivity contribution >= 4 is 5.84 Å². The van der Waals surface area contributed by atoms with E-state index >= 15 is 0 Å². The van der Waals surface area contributed by atoms with E-state index in [1.54, 1.807) is 22.9 Å². The molecule has 1 heterocycles. The summed E-state index contributed by atoms with van der Waals surface area (Å²) in [6.45, 7) is 0. The Morgan fingerprint density at radius 1 is 1.35 bits per heavy atom. The number of terminal acetylenes is 1. The van der Waals surface area contributed by atoms with Gasteiger partial charge >= 0.3 is 0 Å². The topological polar surface area (TPSA) is 52.6 Å².